The van der Waals surface area contributed by atoms with Crippen LogP contribution in [0.5, 0.6) is 5.75 Å². The van der Waals surface area contributed by atoms with Gasteiger partial charge in [0, 0.05) is 13.3 Å². The number of carboxylic acid groups (broad SMARTS) is 1. The zero-order chi connectivity index (χ0) is 20.5. The largest absolute Gasteiger partial charge is 0.494 e. The van der Waals surface area contributed by atoms with Crippen LogP contribution < -0.4 is 15.8 Å². The van der Waals surface area contributed by atoms with E-state index in [2.05, 4.69) is 10.1 Å². The molecule has 0 fully saturated rings. The zero-order valence-electron chi connectivity index (χ0n) is 16.1. The molecule has 1 amide bonds. The van der Waals surface area contributed by atoms with Crippen molar-refractivity contribution in [2.24, 2.45) is 5.73 Å². The summed E-state index contributed by atoms with van der Waals surface area (Å²) in [6.45, 7) is 7.59. The average molecular weight is 370 g/mol. The van der Waals surface area contributed by atoms with Crippen LogP contribution in [0.15, 0.2) is 24.3 Å². The molecule has 148 valence electrons. The number of aliphatic carboxylic acids is 1. The van der Waals surface area contributed by atoms with E-state index in [1.54, 1.807) is 24.3 Å². The summed E-state index contributed by atoms with van der Waals surface area (Å²) < 4.78 is 9.40. The molecule has 1 atom stereocenters. The number of nitrogens with one attached hydrogen (secondary N) is 1. The third kappa shape index (κ3) is 12.8. The molecule has 0 saturated heterocycles. The fraction of sp³-hybridized carbons (Fsp3) is 0.500. The summed E-state index contributed by atoms with van der Waals surface area (Å²) in [4.78, 5) is 31.8. The maximum Gasteiger partial charge on any atom is 0.326 e. The first kappa shape index (κ1) is 25.6. The standard InChI is InChI=1S/C13H18N2O4.C3H6O2.C2H6/c1-2-19-10-5-3-9(4-6-10)7-11(13(17)18)15-12(16)8-14;1-3(4)5-2;1-2/h3-6,11H,2,7-8,14H2,1H3,(H,15,16)(H,17,18);1-2H3;1-2H3. The van der Waals surface area contributed by atoms with Gasteiger partial charge in [-0.05, 0) is 24.6 Å². The first-order valence-electron chi connectivity index (χ1n) is 8.32. The van der Waals surface area contributed by atoms with Crippen molar-refractivity contribution in [2.75, 3.05) is 20.3 Å². The molecular weight excluding hydrogens is 340 g/mol. The van der Waals surface area contributed by atoms with E-state index in [-0.39, 0.29) is 18.9 Å². The Morgan fingerprint density at radius 3 is 2.04 bits per heavy atom. The van der Waals surface area contributed by atoms with E-state index in [1.807, 2.05) is 20.8 Å². The number of carbonyl (C=O) groups excluding carboxylic acids is 2. The van der Waals surface area contributed by atoms with Gasteiger partial charge < -0.3 is 25.6 Å². The van der Waals surface area contributed by atoms with E-state index < -0.39 is 17.9 Å². The molecule has 1 rings (SSSR count). The number of hydrogen-bond donors (Lipinski definition) is 3. The molecule has 4 N–H and O–H groups in total. The van der Waals surface area contributed by atoms with Crippen LogP contribution in [0.25, 0.3) is 0 Å². The summed E-state index contributed by atoms with van der Waals surface area (Å²) in [6.07, 6.45) is 0.202. The summed E-state index contributed by atoms with van der Waals surface area (Å²) in [5, 5.41) is 11.4. The molecule has 0 aromatic heterocycles. The van der Waals surface area contributed by atoms with Crippen molar-refractivity contribution >= 4 is 17.8 Å². The topological polar surface area (TPSA) is 128 Å². The fourth-order valence-electron chi connectivity index (χ4n) is 1.58. The highest BCUT2D eigenvalue weighted by Crippen LogP contribution is 2.13. The van der Waals surface area contributed by atoms with Crippen LogP contribution in [0, 0.1) is 0 Å². The number of rotatable bonds is 7. The second-order valence-electron chi connectivity index (χ2n) is 4.64. The molecule has 1 unspecified atom stereocenters. The number of ether oxygens (including phenoxy) is 2. The summed E-state index contributed by atoms with van der Waals surface area (Å²) in [6, 6.07) is 6.10. The van der Waals surface area contributed by atoms with Crippen LogP contribution in [-0.4, -0.2) is 49.3 Å². The Morgan fingerprint density at radius 1 is 1.19 bits per heavy atom. The number of hydrogen-bond acceptors (Lipinski definition) is 6. The van der Waals surface area contributed by atoms with Crippen LogP contribution in [0.2, 0.25) is 0 Å². The van der Waals surface area contributed by atoms with Gasteiger partial charge >= 0.3 is 11.9 Å². The van der Waals surface area contributed by atoms with E-state index in [9.17, 15) is 14.4 Å². The molecule has 0 aliphatic rings. The average Bonchev–Trinajstić information content (AvgIpc) is 2.64. The molecule has 0 saturated carbocycles. The predicted molar refractivity (Wildman–Crippen MR) is 99.0 cm³/mol. The quantitative estimate of drug-likeness (QED) is 0.618. The fourth-order valence-corrected chi connectivity index (χ4v) is 1.58. The Balaban J connectivity index is 0. The molecule has 0 heterocycles. The second kappa shape index (κ2) is 15.9. The van der Waals surface area contributed by atoms with Crippen molar-refractivity contribution in [3.63, 3.8) is 0 Å². The molecule has 8 nitrogen and oxygen atoms in total. The van der Waals surface area contributed by atoms with Crippen LogP contribution in [0.3, 0.4) is 0 Å². The summed E-state index contributed by atoms with van der Waals surface area (Å²) in [5.74, 6) is -1.09. The molecule has 0 aliphatic carbocycles. The molecule has 1 aromatic rings. The SMILES string of the molecule is CC.CCOc1ccc(CC(NC(=O)CN)C(=O)O)cc1.COC(C)=O. The van der Waals surface area contributed by atoms with Crippen molar-refractivity contribution in [3.05, 3.63) is 29.8 Å². The lowest BCUT2D eigenvalue weighted by atomic mass is 10.1. The minimum atomic E-state index is -1.09. The highest BCUT2D eigenvalue weighted by molar-refractivity contribution is 5.84. The Morgan fingerprint density at radius 2 is 1.69 bits per heavy atom. The van der Waals surface area contributed by atoms with Crippen LogP contribution in [0.1, 0.15) is 33.3 Å². The van der Waals surface area contributed by atoms with E-state index >= 15 is 0 Å². The molecule has 1 aromatic carbocycles. The third-order valence-corrected chi connectivity index (χ3v) is 2.78. The Hall–Kier alpha value is -2.61. The highest BCUT2D eigenvalue weighted by atomic mass is 16.5. The van der Waals surface area contributed by atoms with Crippen molar-refractivity contribution in [1.82, 2.24) is 5.32 Å². The lowest BCUT2D eigenvalue weighted by molar-refractivity contribution is -0.141. The van der Waals surface area contributed by atoms with Gasteiger partial charge in [0.05, 0.1) is 20.3 Å². The third-order valence-electron chi connectivity index (χ3n) is 2.78. The number of benzene rings is 1. The first-order valence-corrected chi connectivity index (χ1v) is 8.32. The predicted octanol–water partition coefficient (Wildman–Crippen LogP) is 1.36. The second-order valence-corrected chi connectivity index (χ2v) is 4.64. The van der Waals surface area contributed by atoms with Crippen molar-refractivity contribution < 1.29 is 29.0 Å². The van der Waals surface area contributed by atoms with Crippen molar-refractivity contribution in [2.45, 2.75) is 40.2 Å². The van der Waals surface area contributed by atoms with E-state index in [4.69, 9.17) is 15.6 Å². The lowest BCUT2D eigenvalue weighted by Crippen LogP contribution is -2.44. The summed E-state index contributed by atoms with van der Waals surface area (Å²) >= 11 is 0. The van der Waals surface area contributed by atoms with Gasteiger partial charge in [-0.15, -0.1) is 0 Å². The van der Waals surface area contributed by atoms with Crippen molar-refractivity contribution in [3.8, 4) is 5.75 Å². The van der Waals surface area contributed by atoms with Gasteiger partial charge in [-0.1, -0.05) is 26.0 Å². The molecular formula is C18H30N2O6. The number of amides is 1. The van der Waals surface area contributed by atoms with Gasteiger partial charge in [-0.25, -0.2) is 4.79 Å². The van der Waals surface area contributed by atoms with Crippen LogP contribution in [-0.2, 0) is 25.5 Å². The Labute approximate surface area is 154 Å². The highest BCUT2D eigenvalue weighted by Gasteiger charge is 2.19. The summed E-state index contributed by atoms with van der Waals surface area (Å²) in [5.41, 5.74) is 5.94. The van der Waals surface area contributed by atoms with E-state index in [0.29, 0.717) is 6.61 Å². The lowest BCUT2D eigenvalue weighted by Gasteiger charge is -2.14. The van der Waals surface area contributed by atoms with Gasteiger partial charge in [0.1, 0.15) is 11.8 Å². The monoisotopic (exact) mass is 370 g/mol. The number of esters is 1. The number of methoxy groups -OCH3 is 1. The Kier molecular flexibility index (Phi) is 15.7. The molecule has 0 radical (unpaired) electrons. The van der Waals surface area contributed by atoms with E-state index in [0.717, 1.165) is 11.3 Å². The van der Waals surface area contributed by atoms with Gasteiger partial charge in [0.25, 0.3) is 0 Å². The Bertz CT molecular complexity index is 531. The minimum Gasteiger partial charge on any atom is -0.494 e. The summed E-state index contributed by atoms with van der Waals surface area (Å²) in [7, 11) is 1.35. The van der Waals surface area contributed by atoms with Gasteiger partial charge in [-0.3, -0.25) is 9.59 Å². The molecule has 0 bridgehead atoms. The van der Waals surface area contributed by atoms with Gasteiger partial charge in [-0.2, -0.15) is 0 Å². The molecule has 26 heavy (non-hydrogen) atoms. The maximum atomic E-state index is 11.1. The van der Waals surface area contributed by atoms with Crippen LogP contribution >= 0.6 is 0 Å². The molecule has 0 aliphatic heterocycles. The van der Waals surface area contributed by atoms with Gasteiger partial charge in [0.15, 0.2) is 0 Å². The van der Waals surface area contributed by atoms with Crippen LogP contribution in [0.4, 0.5) is 0 Å². The molecule has 8 heteroatoms. The zero-order valence-corrected chi connectivity index (χ0v) is 16.1. The number of carboxylic acids is 1. The van der Waals surface area contributed by atoms with E-state index in [1.165, 1.54) is 14.0 Å². The maximum absolute atomic E-state index is 11.1. The molecule has 0 spiro atoms. The number of nitrogens with two attached hydrogens (primary N) is 1. The van der Waals surface area contributed by atoms with Gasteiger partial charge in [0.2, 0.25) is 5.91 Å². The smallest absolute Gasteiger partial charge is 0.326 e. The van der Waals surface area contributed by atoms with Crippen molar-refractivity contribution in [1.29, 1.82) is 0 Å². The first-order chi connectivity index (χ1) is 12.3. The normalized spacial score (nSPS) is 10.1. The minimum absolute atomic E-state index is 0.202. The number of carbonyl (C=O) groups is 3.